The maximum atomic E-state index is 12.4. The Hall–Kier alpha value is -2.53. The quantitative estimate of drug-likeness (QED) is 0.311. The number of hydrogen-bond donors (Lipinski definition) is 2. The van der Waals surface area contributed by atoms with Gasteiger partial charge in [0.1, 0.15) is 16.4 Å². The van der Waals surface area contributed by atoms with Gasteiger partial charge in [-0.05, 0) is 35.6 Å². The van der Waals surface area contributed by atoms with E-state index in [4.69, 9.17) is 24.4 Å². The molecule has 0 radical (unpaired) electrons. The van der Waals surface area contributed by atoms with E-state index in [0.717, 1.165) is 21.4 Å². The summed E-state index contributed by atoms with van der Waals surface area (Å²) in [7, 11) is 3.36. The number of thiocarbonyl (C=S) groups is 2. The molecule has 2 N–H and O–H groups in total. The molecular weight excluding hydrogens is 493 g/mol. The van der Waals surface area contributed by atoms with Crippen LogP contribution in [-0.4, -0.2) is 51.2 Å². The molecule has 0 saturated carbocycles. The van der Waals surface area contributed by atoms with Gasteiger partial charge in [-0.25, -0.2) is 0 Å². The SMILES string of the molecule is CN(NC(=O)CC(=O)NN(C)C(=S)C1Cc2ccccc2S1)C(=S)c1cc2ccccc2s1. The molecule has 1 aliphatic heterocycles. The molecule has 2 amide bonds. The number of amides is 2. The Morgan fingerprint density at radius 2 is 1.67 bits per heavy atom. The number of benzene rings is 2. The number of hydrogen-bond acceptors (Lipinski definition) is 6. The number of nitrogens with one attached hydrogen (secondary N) is 2. The van der Waals surface area contributed by atoms with Gasteiger partial charge in [0.15, 0.2) is 0 Å². The molecule has 3 aromatic rings. The van der Waals surface area contributed by atoms with E-state index in [0.29, 0.717) is 9.98 Å². The largest absolute Gasteiger partial charge is 0.281 e. The van der Waals surface area contributed by atoms with Crippen molar-refractivity contribution in [2.24, 2.45) is 0 Å². The Labute approximate surface area is 211 Å². The van der Waals surface area contributed by atoms with Crippen LogP contribution >= 0.6 is 47.5 Å². The van der Waals surface area contributed by atoms with Gasteiger partial charge in [-0.15, -0.1) is 23.1 Å². The van der Waals surface area contributed by atoms with Crippen molar-refractivity contribution in [3.63, 3.8) is 0 Å². The molecule has 1 atom stereocenters. The standard InChI is InChI=1S/C23H22N4O2S4/c1-26(22(30)18-11-14-7-3-5-9-16(14)32-18)24-20(28)13-21(29)25-27(2)23(31)19-12-15-8-4-6-10-17(15)33-19/h3-11,19H,12-13H2,1-2H3,(H,24,28)(H,25,29). The molecule has 10 heteroatoms. The van der Waals surface area contributed by atoms with E-state index in [1.807, 2.05) is 42.5 Å². The smallest absolute Gasteiger partial charge is 0.248 e. The first-order valence-corrected chi connectivity index (χ1v) is 12.7. The van der Waals surface area contributed by atoms with E-state index in [9.17, 15) is 9.59 Å². The minimum Gasteiger partial charge on any atom is -0.281 e. The van der Waals surface area contributed by atoms with Crippen LogP contribution in [0.1, 0.15) is 16.9 Å². The summed E-state index contributed by atoms with van der Waals surface area (Å²) in [6.07, 6.45) is 0.477. The topological polar surface area (TPSA) is 64.7 Å². The molecule has 1 aliphatic rings. The highest BCUT2D eigenvalue weighted by Crippen LogP contribution is 2.37. The molecule has 6 nitrogen and oxygen atoms in total. The highest BCUT2D eigenvalue weighted by molar-refractivity contribution is 8.02. The third-order valence-electron chi connectivity index (χ3n) is 5.10. The first-order chi connectivity index (χ1) is 15.8. The van der Waals surface area contributed by atoms with E-state index in [1.165, 1.54) is 20.5 Å². The first-order valence-electron chi connectivity index (χ1n) is 10.2. The Bertz CT molecular complexity index is 1180. The van der Waals surface area contributed by atoms with Crippen molar-refractivity contribution in [3.05, 3.63) is 65.0 Å². The van der Waals surface area contributed by atoms with Crippen molar-refractivity contribution in [1.29, 1.82) is 0 Å². The minimum absolute atomic E-state index is 0.0707. The molecule has 0 fully saturated rings. The van der Waals surface area contributed by atoms with Gasteiger partial charge < -0.3 is 0 Å². The second-order valence-corrected chi connectivity index (χ2v) is 10.7. The zero-order chi connectivity index (χ0) is 23.5. The van der Waals surface area contributed by atoms with Crippen LogP contribution < -0.4 is 10.9 Å². The lowest BCUT2D eigenvalue weighted by molar-refractivity contribution is -0.132. The van der Waals surface area contributed by atoms with Crippen molar-refractivity contribution >= 4 is 79.4 Å². The first kappa shape index (κ1) is 23.6. The average Bonchev–Trinajstić information content (AvgIpc) is 3.41. The van der Waals surface area contributed by atoms with Crippen molar-refractivity contribution < 1.29 is 9.59 Å². The molecule has 0 bridgehead atoms. The predicted octanol–water partition coefficient (Wildman–Crippen LogP) is 3.94. The maximum Gasteiger partial charge on any atom is 0.248 e. The van der Waals surface area contributed by atoms with Crippen LogP contribution in [0.15, 0.2) is 59.5 Å². The van der Waals surface area contributed by atoms with E-state index in [2.05, 4.69) is 23.0 Å². The number of thioether (sulfide) groups is 1. The van der Waals surface area contributed by atoms with E-state index in [1.54, 1.807) is 37.2 Å². The molecular formula is C23H22N4O2S4. The molecule has 1 aromatic heterocycles. The Balaban J connectivity index is 1.26. The molecule has 0 aliphatic carbocycles. The fraction of sp³-hybridized carbons (Fsp3) is 0.217. The van der Waals surface area contributed by atoms with Crippen LogP contribution in [0.25, 0.3) is 10.1 Å². The van der Waals surface area contributed by atoms with Crippen molar-refractivity contribution in [1.82, 2.24) is 20.9 Å². The zero-order valence-electron chi connectivity index (χ0n) is 18.0. The number of fused-ring (bicyclic) bond motifs is 2. The van der Waals surface area contributed by atoms with Crippen LogP contribution in [0.3, 0.4) is 0 Å². The van der Waals surface area contributed by atoms with Crippen molar-refractivity contribution in [2.45, 2.75) is 23.0 Å². The number of carbonyl (C=O) groups excluding carboxylic acids is 2. The van der Waals surface area contributed by atoms with Gasteiger partial charge in [0.25, 0.3) is 0 Å². The number of thiophene rings is 1. The summed E-state index contributed by atoms with van der Waals surface area (Å²) < 4.78 is 1.12. The molecule has 2 heterocycles. The minimum atomic E-state index is -0.458. The van der Waals surface area contributed by atoms with Gasteiger partial charge in [-0.1, -0.05) is 60.8 Å². The summed E-state index contributed by atoms with van der Waals surface area (Å²) in [5.74, 6) is -0.903. The molecule has 2 aromatic carbocycles. The van der Waals surface area contributed by atoms with Crippen LogP contribution in [0.2, 0.25) is 0 Å². The fourth-order valence-electron chi connectivity index (χ4n) is 3.49. The molecule has 1 unspecified atom stereocenters. The van der Waals surface area contributed by atoms with Gasteiger partial charge in [0.05, 0.1) is 10.1 Å². The maximum absolute atomic E-state index is 12.4. The van der Waals surface area contributed by atoms with Gasteiger partial charge in [-0.2, -0.15) is 0 Å². The Morgan fingerprint density at radius 1 is 1.00 bits per heavy atom. The number of rotatable bonds is 4. The van der Waals surface area contributed by atoms with Gasteiger partial charge in [0, 0.05) is 23.7 Å². The van der Waals surface area contributed by atoms with Crippen molar-refractivity contribution in [2.75, 3.05) is 14.1 Å². The second-order valence-electron chi connectivity index (χ2n) is 7.57. The van der Waals surface area contributed by atoms with Gasteiger partial charge in [0.2, 0.25) is 11.8 Å². The molecule has 0 saturated heterocycles. The zero-order valence-corrected chi connectivity index (χ0v) is 21.3. The summed E-state index contributed by atoms with van der Waals surface area (Å²) in [5, 5.41) is 4.17. The second kappa shape index (κ2) is 10.2. The highest BCUT2D eigenvalue weighted by atomic mass is 32.2. The van der Waals surface area contributed by atoms with Crippen LogP contribution in [0.5, 0.6) is 0 Å². The third kappa shape index (κ3) is 5.52. The lowest BCUT2D eigenvalue weighted by Gasteiger charge is -2.24. The van der Waals surface area contributed by atoms with E-state index >= 15 is 0 Å². The lowest BCUT2D eigenvalue weighted by Crippen LogP contribution is -2.49. The average molecular weight is 515 g/mol. The summed E-state index contributed by atoms with van der Waals surface area (Å²) in [6, 6.07) is 18.2. The number of hydrazine groups is 2. The van der Waals surface area contributed by atoms with Crippen LogP contribution in [0, 0.1) is 0 Å². The summed E-state index contributed by atoms with van der Waals surface area (Å²) >= 11 is 14.3. The van der Waals surface area contributed by atoms with Gasteiger partial charge >= 0.3 is 0 Å². The van der Waals surface area contributed by atoms with Gasteiger partial charge in [-0.3, -0.25) is 30.5 Å². The van der Waals surface area contributed by atoms with E-state index in [-0.39, 0.29) is 11.7 Å². The molecule has 33 heavy (non-hydrogen) atoms. The predicted molar refractivity (Wildman–Crippen MR) is 142 cm³/mol. The normalized spacial score (nSPS) is 14.4. The number of nitrogens with zero attached hydrogens (tertiary/aromatic N) is 2. The molecule has 170 valence electrons. The van der Waals surface area contributed by atoms with Crippen molar-refractivity contribution in [3.8, 4) is 0 Å². The Morgan fingerprint density at radius 3 is 2.39 bits per heavy atom. The van der Waals surface area contributed by atoms with Crippen LogP contribution in [0.4, 0.5) is 0 Å². The molecule has 0 spiro atoms. The Kier molecular flexibility index (Phi) is 7.28. The summed E-state index contributed by atoms with van der Waals surface area (Å²) in [4.78, 5) is 28.0. The summed E-state index contributed by atoms with van der Waals surface area (Å²) in [5.41, 5.74) is 6.62. The third-order valence-corrected chi connectivity index (χ3v) is 8.88. The molecule has 4 rings (SSSR count). The highest BCUT2D eigenvalue weighted by Gasteiger charge is 2.28. The fourth-order valence-corrected chi connectivity index (χ4v) is 6.32. The lowest BCUT2D eigenvalue weighted by atomic mass is 10.1. The summed E-state index contributed by atoms with van der Waals surface area (Å²) in [6.45, 7) is 0. The van der Waals surface area contributed by atoms with Crippen LogP contribution in [-0.2, 0) is 16.0 Å². The monoisotopic (exact) mass is 514 g/mol. The van der Waals surface area contributed by atoms with E-state index < -0.39 is 11.8 Å². The number of carbonyl (C=O) groups is 2.